The van der Waals surface area contributed by atoms with Gasteiger partial charge in [-0.2, -0.15) is 0 Å². The molecule has 3 N–H and O–H groups in total. The molecule has 18 heavy (non-hydrogen) atoms. The predicted octanol–water partition coefficient (Wildman–Crippen LogP) is 3.30. The molecule has 0 aliphatic heterocycles. The third kappa shape index (κ3) is 3.09. The van der Waals surface area contributed by atoms with Crippen LogP contribution in [0.4, 0.5) is 4.39 Å². The maximum absolute atomic E-state index is 14.1. The van der Waals surface area contributed by atoms with Gasteiger partial charge in [0.1, 0.15) is 5.82 Å². The second-order valence-electron chi connectivity index (χ2n) is 4.34. The Morgan fingerprint density at radius 1 is 1.50 bits per heavy atom. The maximum atomic E-state index is 14.1. The Morgan fingerprint density at radius 3 is 2.67 bits per heavy atom. The van der Waals surface area contributed by atoms with E-state index < -0.39 is 11.6 Å². The lowest BCUT2D eigenvalue weighted by Crippen LogP contribution is -2.46. The predicted molar refractivity (Wildman–Crippen MR) is 74.5 cm³/mol. The van der Waals surface area contributed by atoms with Crippen molar-refractivity contribution >= 4 is 15.9 Å². The van der Waals surface area contributed by atoms with Crippen molar-refractivity contribution in [1.82, 2.24) is 5.43 Å². The summed E-state index contributed by atoms with van der Waals surface area (Å²) in [6, 6.07) is 4.77. The topological polar surface area (TPSA) is 47.3 Å². The molecule has 5 heteroatoms. The normalized spacial score (nSPS) is 16.3. The number of hydrazine groups is 1. The lowest BCUT2D eigenvalue weighted by molar-refractivity contribution is -0.0571. The average Bonchev–Trinajstić information content (AvgIpc) is 2.35. The van der Waals surface area contributed by atoms with E-state index in [1.54, 1.807) is 18.2 Å². The summed E-state index contributed by atoms with van der Waals surface area (Å²) < 4.78 is 20.3. The van der Waals surface area contributed by atoms with Crippen LogP contribution in [0.3, 0.4) is 0 Å². The van der Waals surface area contributed by atoms with Gasteiger partial charge < -0.3 is 4.74 Å². The number of rotatable bonds is 6. The third-order valence-electron chi connectivity index (χ3n) is 3.25. The van der Waals surface area contributed by atoms with Crippen LogP contribution >= 0.6 is 15.9 Å². The van der Waals surface area contributed by atoms with Crippen molar-refractivity contribution in [2.75, 3.05) is 6.61 Å². The van der Waals surface area contributed by atoms with Crippen molar-refractivity contribution in [3.8, 4) is 0 Å². The van der Waals surface area contributed by atoms with Crippen molar-refractivity contribution in [2.24, 2.45) is 5.84 Å². The molecule has 1 aromatic rings. The van der Waals surface area contributed by atoms with E-state index in [0.717, 1.165) is 6.42 Å². The number of benzene rings is 1. The summed E-state index contributed by atoms with van der Waals surface area (Å²) in [6.07, 6.45) is 0.724. The molecule has 0 heterocycles. The monoisotopic (exact) mass is 318 g/mol. The highest BCUT2D eigenvalue weighted by atomic mass is 79.9. The van der Waals surface area contributed by atoms with Gasteiger partial charge in [-0.15, -0.1) is 0 Å². The standard InChI is InChI=1S/C13H20BrFN2O/c1-4-13(3,18-5-2)12(17-16)9-7-6-8-10(14)11(9)15/h6-8,12,17H,4-5,16H2,1-3H3. The molecule has 0 spiro atoms. The molecular weight excluding hydrogens is 299 g/mol. The first-order chi connectivity index (χ1) is 8.50. The van der Waals surface area contributed by atoms with Crippen LogP contribution < -0.4 is 11.3 Å². The minimum atomic E-state index is -0.550. The highest BCUT2D eigenvalue weighted by Crippen LogP contribution is 2.34. The van der Waals surface area contributed by atoms with E-state index in [0.29, 0.717) is 16.6 Å². The second kappa shape index (κ2) is 6.61. The fraction of sp³-hybridized carbons (Fsp3) is 0.538. The highest BCUT2D eigenvalue weighted by Gasteiger charge is 2.35. The lowest BCUT2D eigenvalue weighted by Gasteiger charge is -2.36. The summed E-state index contributed by atoms with van der Waals surface area (Å²) in [4.78, 5) is 0. The zero-order valence-corrected chi connectivity index (χ0v) is 12.6. The van der Waals surface area contributed by atoms with Gasteiger partial charge in [-0.3, -0.25) is 5.84 Å². The van der Waals surface area contributed by atoms with Crippen molar-refractivity contribution in [3.63, 3.8) is 0 Å². The van der Waals surface area contributed by atoms with Crippen molar-refractivity contribution in [1.29, 1.82) is 0 Å². The van der Waals surface area contributed by atoms with Crippen LogP contribution in [0.5, 0.6) is 0 Å². The molecular formula is C13H20BrFN2O. The summed E-state index contributed by atoms with van der Waals surface area (Å²) in [5.74, 6) is 5.30. The number of nitrogens with one attached hydrogen (secondary N) is 1. The Labute approximate surface area is 116 Å². The van der Waals surface area contributed by atoms with Crippen LogP contribution in [0.1, 0.15) is 38.8 Å². The maximum Gasteiger partial charge on any atom is 0.142 e. The van der Waals surface area contributed by atoms with E-state index in [1.165, 1.54) is 0 Å². The Bertz CT molecular complexity index is 403. The van der Waals surface area contributed by atoms with Crippen LogP contribution in [0.2, 0.25) is 0 Å². The van der Waals surface area contributed by atoms with E-state index in [2.05, 4.69) is 21.4 Å². The smallest absolute Gasteiger partial charge is 0.142 e. The molecule has 1 rings (SSSR count). The number of halogens is 2. The molecule has 102 valence electrons. The molecule has 0 fully saturated rings. The zero-order valence-electron chi connectivity index (χ0n) is 11.0. The average molecular weight is 319 g/mol. The van der Waals surface area contributed by atoms with Gasteiger partial charge >= 0.3 is 0 Å². The molecule has 3 nitrogen and oxygen atoms in total. The SMILES string of the molecule is CCOC(C)(CC)C(NN)c1cccc(Br)c1F. The van der Waals surface area contributed by atoms with E-state index >= 15 is 0 Å². The van der Waals surface area contributed by atoms with Crippen molar-refractivity contribution in [2.45, 2.75) is 38.8 Å². The molecule has 2 atom stereocenters. The van der Waals surface area contributed by atoms with Crippen LogP contribution in [0, 0.1) is 5.82 Å². The fourth-order valence-electron chi connectivity index (χ4n) is 2.06. The number of hydrogen-bond acceptors (Lipinski definition) is 3. The third-order valence-corrected chi connectivity index (χ3v) is 3.86. The zero-order chi connectivity index (χ0) is 13.8. The van der Waals surface area contributed by atoms with Crippen molar-refractivity contribution < 1.29 is 9.13 Å². The molecule has 0 aliphatic rings. The lowest BCUT2D eigenvalue weighted by atomic mass is 9.88. The van der Waals surface area contributed by atoms with E-state index in [1.807, 2.05) is 20.8 Å². The summed E-state index contributed by atoms with van der Waals surface area (Å²) in [5, 5.41) is 0. The first-order valence-electron chi connectivity index (χ1n) is 6.04. The number of nitrogens with two attached hydrogens (primary N) is 1. The Morgan fingerprint density at radius 2 is 2.17 bits per heavy atom. The Kier molecular flexibility index (Phi) is 5.72. The summed E-state index contributed by atoms with van der Waals surface area (Å²) in [5.41, 5.74) is 2.63. The number of hydrogen-bond donors (Lipinski definition) is 2. The molecule has 0 saturated carbocycles. The fourth-order valence-corrected chi connectivity index (χ4v) is 2.44. The molecule has 0 aliphatic carbocycles. The van der Waals surface area contributed by atoms with Gasteiger partial charge in [-0.1, -0.05) is 19.1 Å². The van der Waals surface area contributed by atoms with Gasteiger partial charge in [0.25, 0.3) is 0 Å². The van der Waals surface area contributed by atoms with Gasteiger partial charge in [-0.05, 0) is 42.3 Å². The second-order valence-corrected chi connectivity index (χ2v) is 5.20. The molecule has 0 radical (unpaired) electrons. The van der Waals surface area contributed by atoms with Crippen LogP contribution in [-0.2, 0) is 4.74 Å². The van der Waals surface area contributed by atoms with Gasteiger partial charge in [0.2, 0.25) is 0 Å². The minimum absolute atomic E-state index is 0.306. The van der Waals surface area contributed by atoms with Gasteiger partial charge in [-0.25, -0.2) is 9.82 Å². The van der Waals surface area contributed by atoms with Gasteiger partial charge in [0, 0.05) is 12.2 Å². The molecule has 1 aromatic carbocycles. The largest absolute Gasteiger partial charge is 0.374 e. The Balaban J connectivity index is 3.19. The minimum Gasteiger partial charge on any atom is -0.374 e. The molecule has 0 saturated heterocycles. The van der Waals surface area contributed by atoms with Gasteiger partial charge in [0.15, 0.2) is 0 Å². The summed E-state index contributed by atoms with van der Waals surface area (Å²) in [6.45, 7) is 6.40. The van der Waals surface area contributed by atoms with Crippen LogP contribution in [0.25, 0.3) is 0 Å². The summed E-state index contributed by atoms with van der Waals surface area (Å²) in [7, 11) is 0. The molecule has 0 aromatic heterocycles. The quantitative estimate of drug-likeness (QED) is 0.625. The van der Waals surface area contributed by atoms with Crippen molar-refractivity contribution in [3.05, 3.63) is 34.1 Å². The molecule has 0 bridgehead atoms. The van der Waals surface area contributed by atoms with E-state index in [-0.39, 0.29) is 5.82 Å². The first-order valence-corrected chi connectivity index (χ1v) is 6.83. The Hall–Kier alpha value is -0.490. The van der Waals surface area contributed by atoms with E-state index in [4.69, 9.17) is 10.6 Å². The van der Waals surface area contributed by atoms with Gasteiger partial charge in [0.05, 0.1) is 16.1 Å². The summed E-state index contributed by atoms with van der Waals surface area (Å²) >= 11 is 3.19. The van der Waals surface area contributed by atoms with Crippen LogP contribution in [0.15, 0.2) is 22.7 Å². The number of ether oxygens (including phenoxy) is 1. The van der Waals surface area contributed by atoms with Crippen LogP contribution in [-0.4, -0.2) is 12.2 Å². The van der Waals surface area contributed by atoms with E-state index in [9.17, 15) is 4.39 Å². The highest BCUT2D eigenvalue weighted by molar-refractivity contribution is 9.10. The molecule has 0 amide bonds. The first kappa shape index (κ1) is 15.6. The molecule has 2 unspecified atom stereocenters.